The number of anilines is 1. The maximum absolute atomic E-state index is 12.3. The van der Waals surface area contributed by atoms with Gasteiger partial charge in [-0.15, -0.1) is 0 Å². The predicted molar refractivity (Wildman–Crippen MR) is 97.3 cm³/mol. The number of benzene rings is 1. The largest absolute Gasteiger partial charge is 0.457 e. The average molecular weight is 324 g/mol. The van der Waals surface area contributed by atoms with Gasteiger partial charge in [0.15, 0.2) is 0 Å². The number of carbonyl (C=O) groups is 1. The maximum atomic E-state index is 12.3. The third kappa shape index (κ3) is 3.70. The molecule has 2 aromatic rings. The normalized spacial score (nSPS) is 18.2. The van der Waals surface area contributed by atoms with Crippen LogP contribution in [0.4, 0.5) is 5.69 Å². The minimum absolute atomic E-state index is 0.0585. The lowest BCUT2D eigenvalue weighted by Crippen LogP contribution is -2.38. The van der Waals surface area contributed by atoms with Crippen LogP contribution in [0.3, 0.4) is 0 Å². The Bertz CT molecular complexity index is 761. The van der Waals surface area contributed by atoms with E-state index in [-0.39, 0.29) is 5.91 Å². The number of nitrogen functional groups attached to an aromatic ring is 1. The number of aryl methyl sites for hydroxylation is 1. The van der Waals surface area contributed by atoms with Crippen molar-refractivity contribution in [3.63, 3.8) is 0 Å². The summed E-state index contributed by atoms with van der Waals surface area (Å²) in [6.45, 7) is 5.89. The van der Waals surface area contributed by atoms with E-state index in [2.05, 4.69) is 6.92 Å². The molecule has 1 saturated heterocycles. The van der Waals surface area contributed by atoms with Crippen molar-refractivity contribution in [1.29, 1.82) is 0 Å². The predicted octanol–water partition coefficient (Wildman–Crippen LogP) is 4.11. The van der Waals surface area contributed by atoms with Crippen molar-refractivity contribution in [3.05, 3.63) is 47.7 Å². The number of furan rings is 1. The molecule has 1 aliphatic heterocycles. The molecule has 4 heteroatoms. The van der Waals surface area contributed by atoms with Gasteiger partial charge in [-0.3, -0.25) is 4.79 Å². The van der Waals surface area contributed by atoms with E-state index in [1.165, 1.54) is 6.42 Å². The van der Waals surface area contributed by atoms with Gasteiger partial charge in [-0.05, 0) is 67.7 Å². The quantitative estimate of drug-likeness (QED) is 0.683. The van der Waals surface area contributed by atoms with E-state index in [4.69, 9.17) is 10.2 Å². The van der Waals surface area contributed by atoms with Gasteiger partial charge in [-0.25, -0.2) is 0 Å². The van der Waals surface area contributed by atoms with Crippen LogP contribution in [0.25, 0.3) is 17.4 Å². The fraction of sp³-hybridized carbons (Fsp3) is 0.350. The summed E-state index contributed by atoms with van der Waals surface area (Å²) < 4.78 is 5.85. The number of nitrogens with zero attached hydrogens (tertiary/aromatic N) is 1. The summed E-state index contributed by atoms with van der Waals surface area (Å²) >= 11 is 0. The highest BCUT2D eigenvalue weighted by atomic mass is 16.3. The highest BCUT2D eigenvalue weighted by molar-refractivity contribution is 5.91. The summed E-state index contributed by atoms with van der Waals surface area (Å²) in [5.74, 6) is 2.11. The Kier molecular flexibility index (Phi) is 4.74. The van der Waals surface area contributed by atoms with Gasteiger partial charge < -0.3 is 15.1 Å². The summed E-state index contributed by atoms with van der Waals surface area (Å²) in [7, 11) is 0. The molecule has 2 heterocycles. The van der Waals surface area contributed by atoms with Gasteiger partial charge in [-0.2, -0.15) is 0 Å². The Morgan fingerprint density at radius 1 is 1.33 bits per heavy atom. The standard InChI is InChI=1S/C20H24N2O2/c1-14-4-3-11-22(13-14)20(23)10-7-17-6-9-19(24-17)18-8-5-16(21)12-15(18)2/h5-10,12,14H,3-4,11,13,21H2,1-2H3/b10-7+. The van der Waals surface area contributed by atoms with Crippen LogP contribution in [-0.4, -0.2) is 23.9 Å². The molecule has 1 aliphatic rings. The lowest BCUT2D eigenvalue weighted by atomic mass is 10.0. The van der Waals surface area contributed by atoms with E-state index in [0.717, 1.165) is 42.1 Å². The van der Waals surface area contributed by atoms with Gasteiger partial charge in [0.2, 0.25) is 5.91 Å². The Morgan fingerprint density at radius 3 is 2.92 bits per heavy atom. The summed E-state index contributed by atoms with van der Waals surface area (Å²) in [6, 6.07) is 9.55. The van der Waals surface area contributed by atoms with E-state index < -0.39 is 0 Å². The fourth-order valence-electron chi connectivity index (χ4n) is 3.20. The fourth-order valence-corrected chi connectivity index (χ4v) is 3.20. The van der Waals surface area contributed by atoms with Crippen LogP contribution >= 0.6 is 0 Å². The first kappa shape index (κ1) is 16.4. The Labute approximate surface area is 142 Å². The number of piperidine rings is 1. The van der Waals surface area contributed by atoms with E-state index in [1.54, 1.807) is 12.2 Å². The molecular formula is C20H24N2O2. The second-order valence-electron chi connectivity index (χ2n) is 6.64. The number of carbonyl (C=O) groups excluding carboxylic acids is 1. The zero-order valence-electron chi connectivity index (χ0n) is 14.3. The monoisotopic (exact) mass is 324 g/mol. The number of nitrogens with two attached hydrogens (primary N) is 1. The molecule has 1 aromatic carbocycles. The highest BCUT2D eigenvalue weighted by Gasteiger charge is 2.19. The first-order valence-corrected chi connectivity index (χ1v) is 8.46. The molecule has 0 radical (unpaired) electrons. The molecule has 0 saturated carbocycles. The summed E-state index contributed by atoms with van der Waals surface area (Å²) in [5, 5.41) is 0. The minimum Gasteiger partial charge on any atom is -0.457 e. The molecular weight excluding hydrogens is 300 g/mol. The molecule has 1 unspecified atom stereocenters. The van der Waals surface area contributed by atoms with Crippen LogP contribution in [0, 0.1) is 12.8 Å². The molecule has 1 fully saturated rings. The Hall–Kier alpha value is -2.49. The van der Waals surface area contributed by atoms with Crippen molar-refractivity contribution in [3.8, 4) is 11.3 Å². The van der Waals surface area contributed by atoms with Crippen LogP contribution in [-0.2, 0) is 4.79 Å². The van der Waals surface area contributed by atoms with Gasteiger partial charge in [0.05, 0.1) is 0 Å². The van der Waals surface area contributed by atoms with E-state index in [1.807, 2.05) is 42.2 Å². The molecule has 0 spiro atoms. The number of rotatable bonds is 3. The first-order valence-electron chi connectivity index (χ1n) is 8.46. The van der Waals surface area contributed by atoms with E-state index in [9.17, 15) is 4.79 Å². The molecule has 4 nitrogen and oxygen atoms in total. The topological polar surface area (TPSA) is 59.5 Å². The van der Waals surface area contributed by atoms with Gasteiger partial charge >= 0.3 is 0 Å². The Balaban J connectivity index is 1.70. The number of likely N-dealkylation sites (tertiary alicyclic amines) is 1. The van der Waals surface area contributed by atoms with Crippen LogP contribution in [0.15, 0.2) is 40.8 Å². The van der Waals surface area contributed by atoms with Gasteiger partial charge in [0.1, 0.15) is 11.5 Å². The lowest BCUT2D eigenvalue weighted by Gasteiger charge is -2.29. The molecule has 1 atom stereocenters. The molecule has 0 bridgehead atoms. The van der Waals surface area contributed by atoms with E-state index >= 15 is 0 Å². The third-order valence-corrected chi connectivity index (χ3v) is 4.50. The van der Waals surface area contributed by atoms with Crippen molar-refractivity contribution >= 4 is 17.7 Å². The molecule has 126 valence electrons. The number of hydrogen-bond donors (Lipinski definition) is 1. The summed E-state index contributed by atoms with van der Waals surface area (Å²) in [4.78, 5) is 14.2. The lowest BCUT2D eigenvalue weighted by molar-refractivity contribution is -0.127. The van der Waals surface area contributed by atoms with Gasteiger partial charge in [0.25, 0.3) is 0 Å². The zero-order chi connectivity index (χ0) is 17.1. The van der Waals surface area contributed by atoms with Gasteiger partial charge in [-0.1, -0.05) is 6.92 Å². The van der Waals surface area contributed by atoms with Crippen LogP contribution in [0.1, 0.15) is 31.1 Å². The molecule has 3 rings (SSSR count). The molecule has 1 aromatic heterocycles. The highest BCUT2D eigenvalue weighted by Crippen LogP contribution is 2.27. The number of amides is 1. The van der Waals surface area contributed by atoms with Crippen molar-refractivity contribution in [2.75, 3.05) is 18.8 Å². The minimum atomic E-state index is 0.0585. The van der Waals surface area contributed by atoms with Crippen LogP contribution < -0.4 is 5.73 Å². The second kappa shape index (κ2) is 6.95. The second-order valence-corrected chi connectivity index (χ2v) is 6.64. The Morgan fingerprint density at radius 2 is 2.17 bits per heavy atom. The van der Waals surface area contributed by atoms with Crippen LogP contribution in [0.2, 0.25) is 0 Å². The molecule has 1 amide bonds. The molecule has 24 heavy (non-hydrogen) atoms. The zero-order valence-corrected chi connectivity index (χ0v) is 14.3. The summed E-state index contributed by atoms with van der Waals surface area (Å²) in [6.07, 6.45) is 5.65. The summed E-state index contributed by atoms with van der Waals surface area (Å²) in [5.41, 5.74) is 8.61. The number of hydrogen-bond acceptors (Lipinski definition) is 3. The van der Waals surface area contributed by atoms with E-state index in [0.29, 0.717) is 11.7 Å². The smallest absolute Gasteiger partial charge is 0.246 e. The SMILES string of the molecule is Cc1cc(N)ccc1-c1ccc(/C=C/C(=O)N2CCCC(C)C2)o1. The van der Waals surface area contributed by atoms with Crippen LogP contribution in [0.5, 0.6) is 0 Å². The van der Waals surface area contributed by atoms with Crippen molar-refractivity contribution in [2.45, 2.75) is 26.7 Å². The third-order valence-electron chi connectivity index (χ3n) is 4.50. The van der Waals surface area contributed by atoms with Crippen molar-refractivity contribution in [1.82, 2.24) is 4.90 Å². The van der Waals surface area contributed by atoms with Crippen molar-refractivity contribution in [2.24, 2.45) is 5.92 Å². The maximum Gasteiger partial charge on any atom is 0.246 e. The average Bonchev–Trinajstić information content (AvgIpc) is 3.01. The van der Waals surface area contributed by atoms with Crippen molar-refractivity contribution < 1.29 is 9.21 Å². The first-order chi connectivity index (χ1) is 11.5. The molecule has 0 aliphatic carbocycles. The molecule has 2 N–H and O–H groups in total. The van der Waals surface area contributed by atoms with Gasteiger partial charge in [0, 0.05) is 30.4 Å².